The Morgan fingerprint density at radius 1 is 1.46 bits per heavy atom. The third-order valence-corrected chi connectivity index (χ3v) is 1.70. The van der Waals surface area contributed by atoms with Crippen molar-refractivity contribution < 1.29 is 9.90 Å². The molecule has 0 bridgehead atoms. The maximum atomic E-state index is 10.2. The van der Waals surface area contributed by atoms with E-state index >= 15 is 0 Å². The Morgan fingerprint density at radius 2 is 1.92 bits per heavy atom. The monoisotopic (exact) mass is 252 g/mol. The van der Waals surface area contributed by atoms with Crippen molar-refractivity contribution >= 4 is 42.4 Å². The van der Waals surface area contributed by atoms with Crippen LogP contribution >= 0.6 is 36.4 Å². The molecular weight excluding hydrogens is 238 g/mol. The van der Waals surface area contributed by atoms with Crippen LogP contribution in [0.15, 0.2) is 0 Å². The molecule has 0 aliphatic carbocycles. The van der Waals surface area contributed by atoms with E-state index in [1.54, 1.807) is 0 Å². The molecule has 4 nitrogen and oxygen atoms in total. The summed E-state index contributed by atoms with van der Waals surface area (Å²) in [6.45, 7) is 0.459. The van der Waals surface area contributed by atoms with E-state index in [-0.39, 0.29) is 36.6 Å². The first-order valence-electron chi connectivity index (χ1n) is 3.40. The van der Waals surface area contributed by atoms with Gasteiger partial charge in [-0.05, 0) is 19.4 Å². The van der Waals surface area contributed by atoms with E-state index in [0.717, 1.165) is 0 Å². The van der Waals surface area contributed by atoms with E-state index in [9.17, 15) is 4.79 Å². The maximum absolute atomic E-state index is 10.2. The number of rotatable bonds is 5. The molecule has 5 N–H and O–H groups in total. The van der Waals surface area contributed by atoms with Crippen LogP contribution < -0.4 is 11.5 Å². The van der Waals surface area contributed by atoms with E-state index in [0.29, 0.717) is 13.0 Å². The van der Waals surface area contributed by atoms with Gasteiger partial charge in [-0.2, -0.15) is 0 Å². The minimum Gasteiger partial charge on any atom is -0.480 e. The van der Waals surface area contributed by atoms with Gasteiger partial charge in [0.25, 0.3) is 0 Å². The Bertz CT molecular complexity index is 137. The highest BCUT2D eigenvalue weighted by atomic mass is 35.5. The van der Waals surface area contributed by atoms with Crippen LogP contribution in [0.1, 0.15) is 12.8 Å². The van der Waals surface area contributed by atoms with Crippen LogP contribution in [0.3, 0.4) is 0 Å². The van der Waals surface area contributed by atoms with Gasteiger partial charge in [0.05, 0.1) is 0 Å². The lowest BCUT2D eigenvalue weighted by molar-refractivity contribution is -0.138. The van der Waals surface area contributed by atoms with Gasteiger partial charge < -0.3 is 16.6 Å². The second-order valence-electron chi connectivity index (χ2n) is 2.36. The van der Waals surface area contributed by atoms with Crippen LogP contribution in [-0.4, -0.2) is 29.0 Å². The quantitative estimate of drug-likeness (QED) is 0.626. The Balaban J connectivity index is -0.000000500. The average molecular weight is 254 g/mol. The predicted molar refractivity (Wildman–Crippen MR) is 58.0 cm³/mol. The van der Waals surface area contributed by atoms with Gasteiger partial charge in [-0.1, -0.05) is 0 Å². The highest BCUT2D eigenvalue weighted by Gasteiger charge is 2.15. The first-order chi connectivity index (χ1) is 5.07. The zero-order chi connectivity index (χ0) is 8.85. The molecule has 1 unspecified atom stereocenters. The molecule has 0 saturated heterocycles. The van der Waals surface area contributed by atoms with Crippen LogP contribution in [0, 0.1) is 0 Å². The molecule has 82 valence electrons. The summed E-state index contributed by atoms with van der Waals surface area (Å²) >= 11 is 5.70. The Kier molecular flexibility index (Phi) is 15.1. The fourth-order valence-corrected chi connectivity index (χ4v) is 0.993. The third-order valence-electron chi connectivity index (χ3n) is 1.31. The van der Waals surface area contributed by atoms with Crippen molar-refractivity contribution in [2.24, 2.45) is 11.5 Å². The number of carboxylic acid groups (broad SMARTS) is 1. The Hall–Kier alpha value is 0.260. The number of aliphatic carboxylic acids is 1. The molecule has 0 rings (SSSR count). The number of carbonyl (C=O) groups is 1. The number of nitrogens with two attached hydrogens (primary N) is 2. The van der Waals surface area contributed by atoms with E-state index in [2.05, 4.69) is 0 Å². The molecule has 0 spiro atoms. The van der Waals surface area contributed by atoms with Crippen molar-refractivity contribution in [1.29, 1.82) is 0 Å². The van der Waals surface area contributed by atoms with Crippen LogP contribution in [-0.2, 0) is 4.79 Å². The average Bonchev–Trinajstić information content (AvgIpc) is 1.87. The smallest absolute Gasteiger partial charge is 0.320 e. The molecule has 0 radical (unpaired) electrons. The van der Waals surface area contributed by atoms with Crippen molar-refractivity contribution in [1.82, 2.24) is 0 Å². The summed E-state index contributed by atoms with van der Waals surface area (Å²) in [5, 5.41) is 8.15. The lowest BCUT2D eigenvalue weighted by Crippen LogP contribution is -2.33. The molecule has 0 saturated carbocycles. The fraction of sp³-hybridized carbons (Fsp3) is 0.833. The van der Waals surface area contributed by atoms with Crippen molar-refractivity contribution in [3.63, 3.8) is 0 Å². The topological polar surface area (TPSA) is 89.3 Å². The number of hydrogen-bond acceptors (Lipinski definition) is 3. The summed E-state index contributed by atoms with van der Waals surface area (Å²) in [5.74, 6) is -1.02. The Morgan fingerprint density at radius 3 is 2.23 bits per heavy atom. The number of halogens is 3. The van der Waals surface area contributed by atoms with Crippen molar-refractivity contribution in [2.75, 3.05) is 6.54 Å². The van der Waals surface area contributed by atoms with Gasteiger partial charge >= 0.3 is 5.97 Å². The van der Waals surface area contributed by atoms with Crippen LogP contribution in [0.25, 0.3) is 0 Å². The lowest BCUT2D eigenvalue weighted by Gasteiger charge is -2.10. The summed E-state index contributed by atoms with van der Waals surface area (Å²) < 4.78 is 0. The number of hydrogen-bond donors (Lipinski definition) is 3. The zero-order valence-electron chi connectivity index (χ0n) is 6.98. The second kappa shape index (κ2) is 10.3. The summed E-state index contributed by atoms with van der Waals surface area (Å²) in [6.07, 6.45) is 0.872. The first-order valence-corrected chi connectivity index (χ1v) is 3.84. The lowest BCUT2D eigenvalue weighted by atomic mass is 10.1. The highest BCUT2D eigenvalue weighted by molar-refractivity contribution is 6.20. The van der Waals surface area contributed by atoms with Gasteiger partial charge in [0.15, 0.2) is 0 Å². The molecule has 0 heterocycles. The van der Waals surface area contributed by atoms with Crippen LogP contribution in [0.5, 0.6) is 0 Å². The fourth-order valence-electron chi connectivity index (χ4n) is 0.675. The number of alkyl halides is 1. The molecule has 0 aromatic carbocycles. The standard InChI is InChI=1S/C6H13ClN2O2.2ClH/c7-4(1-2-8)3-5(9)6(10)11;;/h4-5H,1-3,8-9H2,(H,10,11);2*1H/t4?,5-;;/m0../s1. The zero-order valence-corrected chi connectivity index (χ0v) is 9.37. The minimum absolute atomic E-state index is 0. The Labute approximate surface area is 94.8 Å². The third kappa shape index (κ3) is 10.2. The van der Waals surface area contributed by atoms with Crippen LogP contribution in [0.2, 0.25) is 0 Å². The molecule has 2 atom stereocenters. The van der Waals surface area contributed by atoms with Gasteiger partial charge in [-0.15, -0.1) is 36.4 Å². The molecule has 0 aromatic rings. The van der Waals surface area contributed by atoms with Gasteiger partial charge in [0.1, 0.15) is 6.04 Å². The molecule has 7 heteroatoms. The van der Waals surface area contributed by atoms with E-state index < -0.39 is 12.0 Å². The van der Waals surface area contributed by atoms with Gasteiger partial charge in [0.2, 0.25) is 0 Å². The minimum atomic E-state index is -1.02. The highest BCUT2D eigenvalue weighted by Crippen LogP contribution is 2.07. The molecule has 0 fully saturated rings. The largest absolute Gasteiger partial charge is 0.480 e. The molecular formula is C6H15Cl3N2O2. The normalized spacial score (nSPS) is 13.5. The van der Waals surface area contributed by atoms with Gasteiger partial charge in [-0.25, -0.2) is 0 Å². The molecule has 0 aliphatic heterocycles. The van der Waals surface area contributed by atoms with E-state index in [4.69, 9.17) is 28.2 Å². The van der Waals surface area contributed by atoms with E-state index in [1.807, 2.05) is 0 Å². The van der Waals surface area contributed by atoms with Crippen molar-refractivity contribution in [3.8, 4) is 0 Å². The number of carboxylic acids is 1. The van der Waals surface area contributed by atoms with Crippen molar-refractivity contribution in [2.45, 2.75) is 24.3 Å². The summed E-state index contributed by atoms with van der Waals surface area (Å²) in [6, 6.07) is -0.871. The maximum Gasteiger partial charge on any atom is 0.320 e. The van der Waals surface area contributed by atoms with E-state index in [1.165, 1.54) is 0 Å². The summed E-state index contributed by atoms with van der Waals surface area (Å²) in [5.41, 5.74) is 10.4. The summed E-state index contributed by atoms with van der Waals surface area (Å²) in [4.78, 5) is 10.2. The first kappa shape index (κ1) is 18.9. The summed E-state index contributed by atoms with van der Waals surface area (Å²) in [7, 11) is 0. The van der Waals surface area contributed by atoms with Gasteiger partial charge in [-0.3, -0.25) is 4.79 Å². The SMILES string of the molecule is Cl.Cl.NCCC(Cl)C[C@H](N)C(=O)O. The molecule has 0 amide bonds. The predicted octanol–water partition coefficient (Wildman–Crippen LogP) is 0.588. The molecule has 0 aliphatic rings. The van der Waals surface area contributed by atoms with Crippen molar-refractivity contribution in [3.05, 3.63) is 0 Å². The van der Waals surface area contributed by atoms with Gasteiger partial charge in [0, 0.05) is 5.38 Å². The second-order valence-corrected chi connectivity index (χ2v) is 2.97. The molecule has 13 heavy (non-hydrogen) atoms. The van der Waals surface area contributed by atoms with Crippen LogP contribution in [0.4, 0.5) is 0 Å². The molecule has 0 aromatic heterocycles.